The van der Waals surface area contributed by atoms with Crippen LogP contribution in [-0.2, 0) is 10.3 Å². The van der Waals surface area contributed by atoms with E-state index in [1.54, 1.807) is 11.4 Å². The van der Waals surface area contributed by atoms with E-state index in [-0.39, 0.29) is 10.8 Å². The van der Waals surface area contributed by atoms with E-state index < -0.39 is 16.7 Å². The summed E-state index contributed by atoms with van der Waals surface area (Å²) in [6, 6.07) is 6.48. The lowest BCUT2D eigenvalue weighted by atomic mass is 10.1. The summed E-state index contributed by atoms with van der Waals surface area (Å²) < 4.78 is 72.1. The number of hydrogen-bond acceptors (Lipinski definition) is 4. The van der Waals surface area contributed by atoms with Crippen LogP contribution in [0.25, 0.3) is 11.1 Å². The molecular weight excluding hydrogens is 331 g/mol. The average molecular weight is 339 g/mol. The summed E-state index contributed by atoms with van der Waals surface area (Å²) in [6.45, 7) is 0. The Morgan fingerprint density at radius 2 is 1.76 bits per heavy atom. The van der Waals surface area contributed by atoms with Crippen molar-refractivity contribution in [1.29, 1.82) is 0 Å². The topological polar surface area (TPSA) is 75.6 Å². The van der Waals surface area contributed by atoms with Crippen LogP contribution < -0.4 is 9.46 Å². The molecule has 0 unspecified atom stereocenters. The number of hydrogen-bond donors (Lipinski definition) is 2. The van der Waals surface area contributed by atoms with Crippen molar-refractivity contribution in [3.8, 4) is 16.9 Å². The van der Waals surface area contributed by atoms with Crippen LogP contribution in [0.4, 0.5) is 18.2 Å². The first-order valence-corrected chi connectivity index (χ1v) is 7.65. The summed E-state index contributed by atoms with van der Waals surface area (Å²) in [6.07, 6.45) is -4.78. The van der Waals surface area contributed by atoms with Crippen LogP contribution in [0.3, 0.4) is 0 Å². The molecule has 0 aliphatic carbocycles. The molecule has 0 amide bonds. The molecule has 0 aliphatic heterocycles. The maximum absolute atomic E-state index is 12.0. The molecule has 0 fully saturated rings. The van der Waals surface area contributed by atoms with E-state index in [2.05, 4.69) is 4.74 Å². The lowest BCUT2D eigenvalue weighted by molar-refractivity contribution is -0.274. The zero-order valence-electron chi connectivity index (χ0n) is 10.1. The Morgan fingerprint density at radius 3 is 2.29 bits per heavy atom. The van der Waals surface area contributed by atoms with Gasteiger partial charge in [0.25, 0.3) is 0 Å². The van der Waals surface area contributed by atoms with Crippen molar-refractivity contribution >= 4 is 26.6 Å². The van der Waals surface area contributed by atoms with E-state index in [0.29, 0.717) is 11.1 Å². The lowest BCUT2D eigenvalue weighted by Crippen LogP contribution is -2.16. The summed E-state index contributed by atoms with van der Waals surface area (Å²) in [5.74, 6) is -0.384. The van der Waals surface area contributed by atoms with Gasteiger partial charge in [-0.25, -0.2) is 0 Å². The fraction of sp³-hybridized carbons (Fsp3) is 0.0909. The summed E-state index contributed by atoms with van der Waals surface area (Å²) in [5.41, 5.74) is 0.896. The van der Waals surface area contributed by atoms with Crippen LogP contribution in [0.1, 0.15) is 0 Å². The molecule has 0 aliphatic rings. The van der Waals surface area contributed by atoms with Gasteiger partial charge in [0.05, 0.1) is 0 Å². The predicted molar refractivity (Wildman–Crippen MR) is 71.6 cm³/mol. The maximum atomic E-state index is 12.0. The first-order valence-electron chi connectivity index (χ1n) is 5.33. The van der Waals surface area contributed by atoms with E-state index in [0.717, 1.165) is 23.5 Å². The van der Waals surface area contributed by atoms with Gasteiger partial charge in [-0.05, 0) is 29.1 Å². The molecule has 1 heterocycles. The number of anilines is 1. The highest BCUT2D eigenvalue weighted by atomic mass is 32.2. The zero-order valence-corrected chi connectivity index (χ0v) is 11.7. The third kappa shape index (κ3) is 4.62. The van der Waals surface area contributed by atoms with Crippen LogP contribution in [0.5, 0.6) is 5.75 Å². The molecule has 10 heteroatoms. The van der Waals surface area contributed by atoms with Gasteiger partial charge < -0.3 is 4.74 Å². The number of alkyl halides is 3. The SMILES string of the molecule is O=S(=O)(O)Nc1sccc1-c1ccc(OC(F)(F)F)cc1. The highest BCUT2D eigenvalue weighted by Gasteiger charge is 2.31. The van der Waals surface area contributed by atoms with Crippen LogP contribution in [0, 0.1) is 0 Å². The molecule has 0 bridgehead atoms. The quantitative estimate of drug-likeness (QED) is 0.836. The first kappa shape index (κ1) is 15.6. The first-order chi connectivity index (χ1) is 9.64. The van der Waals surface area contributed by atoms with E-state index >= 15 is 0 Å². The number of nitrogens with one attached hydrogen (secondary N) is 1. The third-order valence-electron chi connectivity index (χ3n) is 2.29. The van der Waals surface area contributed by atoms with Crippen molar-refractivity contribution in [3.05, 3.63) is 35.7 Å². The van der Waals surface area contributed by atoms with E-state index in [1.807, 2.05) is 4.72 Å². The molecule has 0 radical (unpaired) electrons. The summed E-state index contributed by atoms with van der Waals surface area (Å²) in [7, 11) is -4.42. The van der Waals surface area contributed by atoms with Gasteiger partial charge in [-0.2, -0.15) is 8.42 Å². The Labute approximate surface area is 121 Å². The predicted octanol–water partition coefficient (Wildman–Crippen LogP) is 3.53. The van der Waals surface area contributed by atoms with Crippen molar-refractivity contribution in [3.63, 3.8) is 0 Å². The second-order valence-corrected chi connectivity index (χ2v) is 5.88. The molecule has 0 atom stereocenters. The molecule has 0 saturated carbocycles. The van der Waals surface area contributed by atoms with Crippen molar-refractivity contribution in [2.75, 3.05) is 4.72 Å². The molecule has 0 spiro atoms. The fourth-order valence-electron chi connectivity index (χ4n) is 1.57. The molecule has 2 aromatic rings. The minimum Gasteiger partial charge on any atom is -0.406 e. The Balaban J connectivity index is 2.26. The van der Waals surface area contributed by atoms with E-state index in [1.165, 1.54) is 12.1 Å². The number of rotatable bonds is 4. The monoisotopic (exact) mass is 339 g/mol. The van der Waals surface area contributed by atoms with Crippen molar-refractivity contribution in [2.45, 2.75) is 6.36 Å². The third-order valence-corrected chi connectivity index (χ3v) is 3.71. The molecule has 0 saturated heterocycles. The second kappa shape index (κ2) is 5.54. The highest BCUT2D eigenvalue weighted by molar-refractivity contribution is 7.87. The normalized spacial score (nSPS) is 12.2. The second-order valence-electron chi connectivity index (χ2n) is 3.81. The molecule has 1 aromatic carbocycles. The van der Waals surface area contributed by atoms with Crippen molar-refractivity contribution in [2.24, 2.45) is 0 Å². The lowest BCUT2D eigenvalue weighted by Gasteiger charge is -2.09. The smallest absolute Gasteiger partial charge is 0.406 e. The molecule has 2 N–H and O–H groups in total. The van der Waals surface area contributed by atoms with Gasteiger partial charge in [-0.15, -0.1) is 24.5 Å². The Kier molecular flexibility index (Phi) is 4.12. The zero-order chi connectivity index (χ0) is 15.7. The van der Waals surface area contributed by atoms with Crippen LogP contribution in [0.2, 0.25) is 0 Å². The van der Waals surface area contributed by atoms with Crippen LogP contribution in [-0.4, -0.2) is 19.3 Å². The van der Waals surface area contributed by atoms with Gasteiger partial charge in [-0.1, -0.05) is 12.1 Å². The largest absolute Gasteiger partial charge is 0.573 e. The molecule has 21 heavy (non-hydrogen) atoms. The van der Waals surface area contributed by atoms with Crippen molar-refractivity contribution < 1.29 is 30.9 Å². The van der Waals surface area contributed by atoms with Crippen LogP contribution >= 0.6 is 11.3 Å². The van der Waals surface area contributed by atoms with Gasteiger partial charge >= 0.3 is 16.7 Å². The minimum absolute atomic E-state index is 0.155. The molecule has 5 nitrogen and oxygen atoms in total. The highest BCUT2D eigenvalue weighted by Crippen LogP contribution is 2.35. The number of benzene rings is 1. The molecule has 1 aromatic heterocycles. The van der Waals surface area contributed by atoms with Gasteiger partial charge in [0.1, 0.15) is 10.8 Å². The number of ether oxygens (including phenoxy) is 1. The van der Waals surface area contributed by atoms with E-state index in [4.69, 9.17) is 4.55 Å². The standard InChI is InChI=1S/C11H8F3NO4S2/c12-11(13,14)19-8-3-1-7(2-4-8)9-5-6-20-10(9)15-21(16,17)18/h1-6,15H,(H,16,17,18). The summed E-state index contributed by atoms with van der Waals surface area (Å²) in [4.78, 5) is 0. The number of thiophene rings is 1. The molecular formula is C11H8F3NO4S2. The number of halogens is 3. The van der Waals surface area contributed by atoms with Gasteiger partial charge in [0, 0.05) is 5.56 Å². The van der Waals surface area contributed by atoms with Gasteiger partial charge in [-0.3, -0.25) is 9.27 Å². The average Bonchev–Trinajstić information content (AvgIpc) is 2.73. The summed E-state index contributed by atoms with van der Waals surface area (Å²) in [5, 5.41) is 1.73. The van der Waals surface area contributed by atoms with E-state index in [9.17, 15) is 21.6 Å². The van der Waals surface area contributed by atoms with Crippen molar-refractivity contribution in [1.82, 2.24) is 0 Å². The Morgan fingerprint density at radius 1 is 1.14 bits per heavy atom. The Bertz CT molecular complexity index is 723. The maximum Gasteiger partial charge on any atom is 0.573 e. The minimum atomic E-state index is -4.78. The fourth-order valence-corrected chi connectivity index (χ4v) is 3.07. The van der Waals surface area contributed by atoms with Gasteiger partial charge in [0.2, 0.25) is 0 Å². The summed E-state index contributed by atoms with van der Waals surface area (Å²) >= 11 is 1.02. The van der Waals surface area contributed by atoms with Gasteiger partial charge in [0.15, 0.2) is 0 Å². The molecule has 114 valence electrons. The molecule has 2 rings (SSSR count). The Hall–Kier alpha value is -1.78. The van der Waals surface area contributed by atoms with Crippen LogP contribution in [0.15, 0.2) is 35.7 Å².